The Bertz CT molecular complexity index is 428. The highest BCUT2D eigenvalue weighted by Crippen LogP contribution is 2.35. The number of carbonyl (C=O) groups is 1. The van der Waals surface area contributed by atoms with Crippen LogP contribution in [-0.2, 0) is 0 Å². The Morgan fingerprint density at radius 1 is 1.05 bits per heavy atom. The van der Waals surface area contributed by atoms with Crippen molar-refractivity contribution in [2.75, 3.05) is 19.6 Å². The van der Waals surface area contributed by atoms with E-state index in [9.17, 15) is 4.79 Å². The van der Waals surface area contributed by atoms with Gasteiger partial charge in [-0.3, -0.25) is 9.69 Å². The molecule has 0 bridgehead atoms. The zero-order chi connectivity index (χ0) is 13.1. The van der Waals surface area contributed by atoms with Gasteiger partial charge in [-0.2, -0.15) is 0 Å². The van der Waals surface area contributed by atoms with Crippen molar-refractivity contribution in [3.05, 3.63) is 35.9 Å². The van der Waals surface area contributed by atoms with Gasteiger partial charge in [0.1, 0.15) is 0 Å². The summed E-state index contributed by atoms with van der Waals surface area (Å²) in [6.07, 6.45) is 6.91. The van der Waals surface area contributed by atoms with E-state index in [1.807, 2.05) is 30.3 Å². The number of hydrogen-bond donors (Lipinski definition) is 0. The van der Waals surface area contributed by atoms with Crippen LogP contribution in [0.4, 0.5) is 0 Å². The molecule has 3 rings (SSSR count). The molecule has 19 heavy (non-hydrogen) atoms. The Hall–Kier alpha value is -1.15. The first-order chi connectivity index (χ1) is 9.33. The van der Waals surface area contributed by atoms with E-state index in [-0.39, 0.29) is 5.78 Å². The SMILES string of the molecule is O=C(CN1CCC2CCCCC2C1)c1ccccc1. The second-order valence-corrected chi connectivity index (χ2v) is 6.12. The van der Waals surface area contributed by atoms with Crippen molar-refractivity contribution in [1.82, 2.24) is 4.90 Å². The second-order valence-electron chi connectivity index (χ2n) is 6.12. The van der Waals surface area contributed by atoms with Gasteiger partial charge in [0.05, 0.1) is 6.54 Å². The van der Waals surface area contributed by atoms with Crippen LogP contribution >= 0.6 is 0 Å². The number of benzene rings is 1. The third-order valence-corrected chi connectivity index (χ3v) is 4.84. The number of fused-ring (bicyclic) bond motifs is 1. The molecule has 2 heteroatoms. The molecule has 0 amide bonds. The highest BCUT2D eigenvalue weighted by Gasteiger charge is 2.31. The molecule has 1 saturated heterocycles. The van der Waals surface area contributed by atoms with Crippen molar-refractivity contribution >= 4 is 5.78 Å². The molecular weight excluding hydrogens is 234 g/mol. The predicted molar refractivity (Wildman–Crippen MR) is 77.3 cm³/mol. The average Bonchev–Trinajstić information content (AvgIpc) is 2.48. The first-order valence-electron chi connectivity index (χ1n) is 7.63. The predicted octanol–water partition coefficient (Wildman–Crippen LogP) is 3.38. The van der Waals surface area contributed by atoms with Gasteiger partial charge in [0.25, 0.3) is 0 Å². The molecule has 0 aromatic heterocycles. The first kappa shape index (κ1) is 12.9. The van der Waals surface area contributed by atoms with Crippen LogP contribution in [0.3, 0.4) is 0 Å². The Labute approximate surface area is 115 Å². The lowest BCUT2D eigenvalue weighted by molar-refractivity contribution is 0.0713. The molecule has 2 nitrogen and oxygen atoms in total. The minimum atomic E-state index is 0.273. The molecule has 0 N–H and O–H groups in total. The third-order valence-electron chi connectivity index (χ3n) is 4.84. The van der Waals surface area contributed by atoms with Gasteiger partial charge in [-0.25, -0.2) is 0 Å². The maximum atomic E-state index is 12.2. The Balaban J connectivity index is 1.57. The lowest BCUT2D eigenvalue weighted by Gasteiger charge is -2.41. The minimum Gasteiger partial charge on any atom is -0.296 e. The van der Waals surface area contributed by atoms with Crippen LogP contribution in [0.15, 0.2) is 30.3 Å². The first-order valence-corrected chi connectivity index (χ1v) is 7.63. The third kappa shape index (κ3) is 3.06. The Morgan fingerprint density at radius 3 is 2.58 bits per heavy atom. The van der Waals surface area contributed by atoms with E-state index in [2.05, 4.69) is 4.90 Å². The summed E-state index contributed by atoms with van der Waals surface area (Å²) in [5, 5.41) is 0. The van der Waals surface area contributed by atoms with Crippen LogP contribution in [0.25, 0.3) is 0 Å². The van der Waals surface area contributed by atoms with Gasteiger partial charge in [0.2, 0.25) is 0 Å². The summed E-state index contributed by atoms with van der Waals surface area (Å²) in [4.78, 5) is 14.6. The molecule has 1 aliphatic carbocycles. The van der Waals surface area contributed by atoms with E-state index in [1.165, 1.54) is 32.1 Å². The van der Waals surface area contributed by atoms with Gasteiger partial charge in [-0.05, 0) is 31.2 Å². The van der Waals surface area contributed by atoms with Crippen LogP contribution in [0.2, 0.25) is 0 Å². The molecule has 102 valence electrons. The van der Waals surface area contributed by atoms with Crippen molar-refractivity contribution in [2.45, 2.75) is 32.1 Å². The van der Waals surface area contributed by atoms with Crippen LogP contribution < -0.4 is 0 Å². The quantitative estimate of drug-likeness (QED) is 0.774. The number of hydrogen-bond acceptors (Lipinski definition) is 2. The molecule has 2 aliphatic rings. The van der Waals surface area contributed by atoms with E-state index < -0.39 is 0 Å². The highest BCUT2D eigenvalue weighted by molar-refractivity contribution is 5.97. The van der Waals surface area contributed by atoms with Crippen LogP contribution in [-0.4, -0.2) is 30.3 Å². The topological polar surface area (TPSA) is 20.3 Å². The summed E-state index contributed by atoms with van der Waals surface area (Å²) < 4.78 is 0. The summed E-state index contributed by atoms with van der Waals surface area (Å²) in [5.74, 6) is 2.07. The van der Waals surface area contributed by atoms with Crippen molar-refractivity contribution in [2.24, 2.45) is 11.8 Å². The standard InChI is InChI=1S/C17H23NO/c19-17(15-7-2-1-3-8-15)13-18-11-10-14-6-4-5-9-16(14)12-18/h1-3,7-8,14,16H,4-6,9-13H2. The van der Waals surface area contributed by atoms with Gasteiger partial charge in [-0.1, -0.05) is 49.6 Å². The number of Topliss-reactive ketones (excluding diaryl/α,β-unsaturated/α-hetero) is 1. The van der Waals surface area contributed by atoms with Crippen molar-refractivity contribution in [1.29, 1.82) is 0 Å². The minimum absolute atomic E-state index is 0.273. The van der Waals surface area contributed by atoms with Gasteiger partial charge in [0.15, 0.2) is 5.78 Å². The fourth-order valence-corrected chi connectivity index (χ4v) is 3.74. The van der Waals surface area contributed by atoms with Crippen LogP contribution in [0.1, 0.15) is 42.5 Å². The number of piperidine rings is 1. The molecule has 1 aliphatic heterocycles. The summed E-state index contributed by atoms with van der Waals surface area (Å²) in [5.41, 5.74) is 0.855. The molecule has 2 atom stereocenters. The molecule has 0 radical (unpaired) electrons. The number of ketones is 1. The van der Waals surface area contributed by atoms with E-state index in [1.54, 1.807) is 0 Å². The molecule has 2 unspecified atom stereocenters. The molecule has 1 aromatic rings. The van der Waals surface area contributed by atoms with Gasteiger partial charge in [-0.15, -0.1) is 0 Å². The molecule has 1 aromatic carbocycles. The lowest BCUT2D eigenvalue weighted by atomic mass is 9.75. The smallest absolute Gasteiger partial charge is 0.176 e. The zero-order valence-corrected chi connectivity index (χ0v) is 11.6. The van der Waals surface area contributed by atoms with Gasteiger partial charge < -0.3 is 0 Å². The van der Waals surface area contributed by atoms with Crippen LogP contribution in [0.5, 0.6) is 0 Å². The molecular formula is C17H23NO. The van der Waals surface area contributed by atoms with Crippen LogP contribution in [0, 0.1) is 11.8 Å². The highest BCUT2D eigenvalue weighted by atomic mass is 16.1. The fourth-order valence-electron chi connectivity index (χ4n) is 3.74. The van der Waals surface area contributed by atoms with E-state index >= 15 is 0 Å². The van der Waals surface area contributed by atoms with E-state index in [4.69, 9.17) is 0 Å². The molecule has 2 fully saturated rings. The van der Waals surface area contributed by atoms with E-state index in [0.717, 1.165) is 30.5 Å². The Morgan fingerprint density at radius 2 is 1.79 bits per heavy atom. The van der Waals surface area contributed by atoms with Crippen molar-refractivity contribution < 1.29 is 4.79 Å². The molecule has 0 spiro atoms. The lowest BCUT2D eigenvalue weighted by Crippen LogP contribution is -2.43. The summed E-state index contributed by atoms with van der Waals surface area (Å²) in [6, 6.07) is 9.71. The molecule has 1 saturated carbocycles. The van der Waals surface area contributed by atoms with Crippen molar-refractivity contribution in [3.63, 3.8) is 0 Å². The molecule has 1 heterocycles. The van der Waals surface area contributed by atoms with Crippen molar-refractivity contribution in [3.8, 4) is 0 Å². The number of likely N-dealkylation sites (tertiary alicyclic amines) is 1. The average molecular weight is 257 g/mol. The number of carbonyl (C=O) groups excluding carboxylic acids is 1. The summed E-state index contributed by atoms with van der Waals surface area (Å²) >= 11 is 0. The normalized spacial score (nSPS) is 27.8. The number of rotatable bonds is 3. The maximum Gasteiger partial charge on any atom is 0.176 e. The van der Waals surface area contributed by atoms with E-state index in [0.29, 0.717) is 6.54 Å². The monoisotopic (exact) mass is 257 g/mol. The fraction of sp³-hybridized carbons (Fsp3) is 0.588. The number of nitrogens with zero attached hydrogens (tertiary/aromatic N) is 1. The van der Waals surface area contributed by atoms with Gasteiger partial charge in [0, 0.05) is 12.1 Å². The second kappa shape index (κ2) is 5.87. The summed E-state index contributed by atoms with van der Waals surface area (Å²) in [6.45, 7) is 2.86. The van der Waals surface area contributed by atoms with Gasteiger partial charge >= 0.3 is 0 Å². The Kier molecular flexibility index (Phi) is 3.97. The summed E-state index contributed by atoms with van der Waals surface area (Å²) in [7, 11) is 0. The largest absolute Gasteiger partial charge is 0.296 e. The zero-order valence-electron chi connectivity index (χ0n) is 11.6. The maximum absolute atomic E-state index is 12.2.